The third kappa shape index (κ3) is 3.64. The van der Waals surface area contributed by atoms with Gasteiger partial charge in [-0.05, 0) is 37.6 Å². The van der Waals surface area contributed by atoms with E-state index in [1.807, 2.05) is 23.6 Å². The summed E-state index contributed by atoms with van der Waals surface area (Å²) in [4.78, 5) is 31.3. The van der Waals surface area contributed by atoms with Crippen LogP contribution in [0.5, 0.6) is 5.75 Å². The van der Waals surface area contributed by atoms with E-state index in [2.05, 4.69) is 28.7 Å². The number of fused-ring (bicyclic) bond motifs is 2. The fraction of sp³-hybridized carbons (Fsp3) is 0.333. The summed E-state index contributed by atoms with van der Waals surface area (Å²) in [6.45, 7) is 5.99. The highest BCUT2D eigenvalue weighted by Gasteiger charge is 2.25. The van der Waals surface area contributed by atoms with E-state index in [0.717, 1.165) is 37.3 Å². The second-order valence-corrected chi connectivity index (χ2v) is 8.79. The lowest BCUT2D eigenvalue weighted by molar-refractivity contribution is -0.113. The van der Waals surface area contributed by atoms with Crippen molar-refractivity contribution >= 4 is 39.1 Å². The Labute approximate surface area is 189 Å². The van der Waals surface area contributed by atoms with Gasteiger partial charge in [0, 0.05) is 43.2 Å². The van der Waals surface area contributed by atoms with E-state index in [9.17, 15) is 9.59 Å². The third-order valence-corrected chi connectivity index (χ3v) is 6.83. The number of benzene rings is 1. The molecule has 164 valence electrons. The van der Waals surface area contributed by atoms with Gasteiger partial charge in [-0.2, -0.15) is 0 Å². The molecule has 1 saturated heterocycles. The van der Waals surface area contributed by atoms with E-state index in [1.165, 1.54) is 11.3 Å². The Morgan fingerprint density at radius 1 is 1.12 bits per heavy atom. The minimum absolute atomic E-state index is 0.0345. The molecule has 2 aliphatic rings. The number of hydrogen-bond donors (Lipinski definition) is 0. The van der Waals surface area contributed by atoms with Gasteiger partial charge in [0.15, 0.2) is 11.5 Å². The van der Waals surface area contributed by atoms with Crippen LogP contribution in [0, 0.1) is 11.8 Å². The summed E-state index contributed by atoms with van der Waals surface area (Å²) in [7, 11) is 2.09. The molecule has 0 spiro atoms. The Hall–Kier alpha value is -3.28. The molecule has 5 rings (SSSR count). The lowest BCUT2D eigenvalue weighted by atomic mass is 10.1. The van der Waals surface area contributed by atoms with E-state index in [1.54, 1.807) is 17.9 Å². The first-order chi connectivity index (χ1) is 15.5. The summed E-state index contributed by atoms with van der Waals surface area (Å²) in [6.07, 6.45) is 0. The molecule has 1 fully saturated rings. The molecule has 1 aromatic carbocycles. The van der Waals surface area contributed by atoms with Crippen LogP contribution in [0.4, 0.5) is 11.6 Å². The van der Waals surface area contributed by atoms with Crippen molar-refractivity contribution in [2.45, 2.75) is 6.92 Å². The maximum absolute atomic E-state index is 12.8. The van der Waals surface area contributed by atoms with Crippen LogP contribution < -0.4 is 20.0 Å². The number of ether oxygens (including phenoxy) is 1. The van der Waals surface area contributed by atoms with Crippen LogP contribution in [0.15, 0.2) is 38.9 Å². The first kappa shape index (κ1) is 20.6. The molecular formula is C24H23N3O4S. The molecule has 8 heteroatoms. The van der Waals surface area contributed by atoms with Crippen LogP contribution in [-0.2, 0) is 4.79 Å². The van der Waals surface area contributed by atoms with Crippen LogP contribution >= 0.6 is 11.3 Å². The molecule has 2 aliphatic heterocycles. The highest BCUT2D eigenvalue weighted by Crippen LogP contribution is 2.40. The predicted octanol–water partition coefficient (Wildman–Crippen LogP) is 3.02. The first-order valence-electron chi connectivity index (χ1n) is 10.6. The molecule has 3 aromatic rings. The van der Waals surface area contributed by atoms with E-state index in [0.29, 0.717) is 40.8 Å². The van der Waals surface area contributed by atoms with Crippen molar-refractivity contribution in [1.82, 2.24) is 4.90 Å². The van der Waals surface area contributed by atoms with Gasteiger partial charge in [-0.25, -0.2) is 0 Å². The van der Waals surface area contributed by atoms with Gasteiger partial charge in [0.25, 0.3) is 0 Å². The van der Waals surface area contributed by atoms with Gasteiger partial charge >= 0.3 is 5.91 Å². The van der Waals surface area contributed by atoms with Gasteiger partial charge in [0.2, 0.25) is 5.43 Å². The van der Waals surface area contributed by atoms with Gasteiger partial charge in [0.1, 0.15) is 17.1 Å². The number of thiophene rings is 1. The second-order valence-electron chi connectivity index (χ2n) is 7.91. The van der Waals surface area contributed by atoms with Crippen molar-refractivity contribution in [1.29, 1.82) is 0 Å². The number of carbonyl (C=O) groups is 1. The summed E-state index contributed by atoms with van der Waals surface area (Å²) in [6, 6.07) is 7.30. The average molecular weight is 450 g/mol. The number of rotatable bonds is 2. The monoisotopic (exact) mass is 449 g/mol. The van der Waals surface area contributed by atoms with Gasteiger partial charge in [-0.1, -0.05) is 12.0 Å². The molecule has 2 aromatic heterocycles. The molecule has 0 unspecified atom stereocenters. The van der Waals surface area contributed by atoms with Crippen LogP contribution in [0.25, 0.3) is 21.4 Å². The van der Waals surface area contributed by atoms with E-state index >= 15 is 0 Å². The van der Waals surface area contributed by atoms with E-state index < -0.39 is 0 Å². The molecular weight excluding hydrogens is 426 g/mol. The molecule has 1 amide bonds. The highest BCUT2D eigenvalue weighted by molar-refractivity contribution is 7.17. The van der Waals surface area contributed by atoms with Crippen molar-refractivity contribution in [2.24, 2.45) is 0 Å². The van der Waals surface area contributed by atoms with Crippen LogP contribution in [0.3, 0.4) is 0 Å². The maximum Gasteiger partial charge on any atom is 0.303 e. The Bertz CT molecular complexity index is 1310. The largest absolute Gasteiger partial charge is 0.490 e. The molecule has 4 heterocycles. The fourth-order valence-corrected chi connectivity index (χ4v) is 5.00. The smallest absolute Gasteiger partial charge is 0.303 e. The van der Waals surface area contributed by atoms with Crippen molar-refractivity contribution in [3.63, 3.8) is 0 Å². The van der Waals surface area contributed by atoms with Gasteiger partial charge < -0.3 is 19.0 Å². The Balaban J connectivity index is 1.58. The Kier molecular flexibility index (Phi) is 5.37. The zero-order chi connectivity index (χ0) is 22.2. The second kappa shape index (κ2) is 8.34. The first-order valence-corrected chi connectivity index (χ1v) is 11.4. The SMILES string of the molecule is CC#CC(=O)N1CCOc2ccc(-c3csc4c(=O)cc(N5CCN(C)CC5)oc34)cc21. The summed E-state index contributed by atoms with van der Waals surface area (Å²) in [5.74, 6) is 6.27. The number of anilines is 2. The zero-order valence-electron chi connectivity index (χ0n) is 18.0. The van der Waals surface area contributed by atoms with Crippen LogP contribution in [-0.4, -0.2) is 57.2 Å². The summed E-state index contributed by atoms with van der Waals surface area (Å²) < 4.78 is 12.6. The lowest BCUT2D eigenvalue weighted by Gasteiger charge is -2.32. The van der Waals surface area contributed by atoms with Crippen LogP contribution in [0.1, 0.15) is 6.92 Å². The Morgan fingerprint density at radius 3 is 2.72 bits per heavy atom. The third-order valence-electron chi connectivity index (χ3n) is 5.86. The van der Waals surface area contributed by atoms with E-state index in [-0.39, 0.29) is 11.3 Å². The number of nitrogens with zero attached hydrogens (tertiary/aromatic N) is 3. The summed E-state index contributed by atoms with van der Waals surface area (Å²) in [5, 5.41) is 1.94. The fourth-order valence-electron chi connectivity index (χ4n) is 4.08. The van der Waals surface area contributed by atoms with Crippen molar-refractivity contribution in [3.8, 4) is 28.7 Å². The quantitative estimate of drug-likeness (QED) is 0.561. The molecule has 0 radical (unpaired) electrons. The summed E-state index contributed by atoms with van der Waals surface area (Å²) >= 11 is 1.38. The summed E-state index contributed by atoms with van der Waals surface area (Å²) in [5.41, 5.74) is 2.92. The number of carbonyl (C=O) groups excluding carboxylic acids is 1. The van der Waals surface area contributed by atoms with Gasteiger partial charge in [-0.3, -0.25) is 14.5 Å². The number of hydrogen-bond acceptors (Lipinski definition) is 7. The van der Waals surface area contributed by atoms with Crippen molar-refractivity contribution < 1.29 is 13.9 Å². The minimum Gasteiger partial charge on any atom is -0.490 e. The number of amides is 1. The molecule has 0 bridgehead atoms. The Morgan fingerprint density at radius 2 is 1.94 bits per heavy atom. The molecule has 0 N–H and O–H groups in total. The van der Waals surface area contributed by atoms with Crippen molar-refractivity contribution in [3.05, 3.63) is 39.9 Å². The molecule has 32 heavy (non-hydrogen) atoms. The van der Waals surface area contributed by atoms with Crippen molar-refractivity contribution in [2.75, 3.05) is 56.2 Å². The van der Waals surface area contributed by atoms with Crippen LogP contribution in [0.2, 0.25) is 0 Å². The lowest BCUT2D eigenvalue weighted by Crippen LogP contribution is -2.44. The standard InChI is InChI=1S/C24H23N3O4S/c1-3-4-21(29)27-11-12-30-20-6-5-16(13-18(20)27)17-15-32-24-19(28)14-22(31-23(17)24)26-9-7-25(2)8-10-26/h5-6,13-15H,7-12H2,1-2H3. The molecule has 0 saturated carbocycles. The number of likely N-dealkylation sites (N-methyl/N-ethyl adjacent to an activating group) is 1. The average Bonchev–Trinajstić information content (AvgIpc) is 3.23. The topological polar surface area (TPSA) is 66.2 Å². The normalized spacial score (nSPS) is 16.3. The number of piperazine rings is 1. The minimum atomic E-state index is -0.256. The highest BCUT2D eigenvalue weighted by atomic mass is 32.1. The predicted molar refractivity (Wildman–Crippen MR) is 127 cm³/mol. The van der Waals surface area contributed by atoms with Gasteiger partial charge in [0.05, 0.1) is 12.2 Å². The molecule has 0 atom stereocenters. The zero-order valence-corrected chi connectivity index (χ0v) is 18.8. The van der Waals surface area contributed by atoms with E-state index in [4.69, 9.17) is 9.15 Å². The van der Waals surface area contributed by atoms with Gasteiger partial charge in [-0.15, -0.1) is 11.3 Å². The maximum atomic E-state index is 12.8. The molecule has 0 aliphatic carbocycles. The molecule has 7 nitrogen and oxygen atoms in total.